The van der Waals surface area contributed by atoms with E-state index in [4.69, 9.17) is 4.74 Å². The van der Waals surface area contributed by atoms with Crippen LogP contribution in [0.25, 0.3) is 5.78 Å². The number of fused-ring (bicyclic) bond motifs is 2. The summed E-state index contributed by atoms with van der Waals surface area (Å²) in [5.74, 6) is 0.407. The smallest absolute Gasteiger partial charge is 0.316 e. The summed E-state index contributed by atoms with van der Waals surface area (Å²) >= 11 is 1.20. The molecule has 0 unspecified atom stereocenters. The highest BCUT2D eigenvalue weighted by Gasteiger charge is 2.20. The van der Waals surface area contributed by atoms with Crippen LogP contribution in [0.1, 0.15) is 35.8 Å². The summed E-state index contributed by atoms with van der Waals surface area (Å²) in [5.41, 5.74) is 1.41. The van der Waals surface area contributed by atoms with E-state index in [0.717, 1.165) is 18.5 Å². The Bertz CT molecular complexity index is 713. The minimum atomic E-state index is -0.302. The summed E-state index contributed by atoms with van der Waals surface area (Å²) in [6, 6.07) is 0. The van der Waals surface area contributed by atoms with Crippen molar-refractivity contribution >= 4 is 29.3 Å². The molecule has 8 heteroatoms. The van der Waals surface area contributed by atoms with Crippen molar-refractivity contribution < 1.29 is 14.3 Å². The molecule has 0 aliphatic heterocycles. The second-order valence-electron chi connectivity index (χ2n) is 4.61. The highest BCUT2D eigenvalue weighted by atomic mass is 32.2. The number of carbonyl (C=O) groups excluding carboxylic acids is 2. The Balaban J connectivity index is 1.83. The van der Waals surface area contributed by atoms with E-state index < -0.39 is 0 Å². The summed E-state index contributed by atoms with van der Waals surface area (Å²) in [4.78, 5) is 31.8. The number of rotatable bonds is 4. The molecule has 1 aliphatic carbocycles. The molecular formula is C13H14N4O3S. The molecule has 0 bridgehead atoms. The van der Waals surface area contributed by atoms with Crippen LogP contribution in [0.3, 0.4) is 0 Å². The molecule has 0 aromatic carbocycles. The third-order valence-corrected chi connectivity index (χ3v) is 3.94. The molecule has 0 saturated carbocycles. The Morgan fingerprint density at radius 1 is 1.43 bits per heavy atom. The van der Waals surface area contributed by atoms with Crippen molar-refractivity contribution in [3.63, 3.8) is 0 Å². The first kappa shape index (κ1) is 14.0. The second-order valence-corrected chi connectivity index (χ2v) is 5.55. The van der Waals surface area contributed by atoms with Gasteiger partial charge < -0.3 is 4.74 Å². The number of nitrogens with zero attached hydrogens (tertiary/aromatic N) is 4. The molecule has 2 heterocycles. The summed E-state index contributed by atoms with van der Waals surface area (Å²) in [7, 11) is 0. The van der Waals surface area contributed by atoms with Gasteiger partial charge in [0.1, 0.15) is 0 Å². The summed E-state index contributed by atoms with van der Waals surface area (Å²) in [6.45, 7) is 2.12. The zero-order valence-electron chi connectivity index (χ0n) is 11.5. The molecule has 0 amide bonds. The lowest BCUT2D eigenvalue weighted by Crippen LogP contribution is -2.14. The second kappa shape index (κ2) is 5.80. The van der Waals surface area contributed by atoms with Crippen LogP contribution >= 0.6 is 11.8 Å². The lowest BCUT2D eigenvalue weighted by Gasteiger charge is -2.12. The van der Waals surface area contributed by atoms with Crippen molar-refractivity contribution in [2.45, 2.75) is 31.3 Å². The zero-order valence-corrected chi connectivity index (χ0v) is 12.4. The van der Waals surface area contributed by atoms with Crippen LogP contribution in [0.5, 0.6) is 0 Å². The van der Waals surface area contributed by atoms with Crippen LogP contribution in [-0.2, 0) is 16.0 Å². The third-order valence-electron chi connectivity index (χ3n) is 3.13. The molecule has 2 aromatic rings. The monoisotopic (exact) mass is 306 g/mol. The number of Topliss-reactive ketones (excluding diaryl/α,β-unsaturated/α-hetero) is 1. The van der Waals surface area contributed by atoms with E-state index in [1.165, 1.54) is 16.3 Å². The van der Waals surface area contributed by atoms with Crippen molar-refractivity contribution in [1.29, 1.82) is 0 Å². The molecule has 0 saturated heterocycles. The van der Waals surface area contributed by atoms with E-state index in [1.807, 2.05) is 0 Å². The average Bonchev–Trinajstić information content (AvgIpc) is 2.86. The van der Waals surface area contributed by atoms with Gasteiger partial charge in [-0.15, -0.1) is 5.10 Å². The van der Waals surface area contributed by atoms with Gasteiger partial charge in [0.25, 0.3) is 5.78 Å². The van der Waals surface area contributed by atoms with Gasteiger partial charge in [-0.05, 0) is 19.8 Å². The van der Waals surface area contributed by atoms with Crippen LogP contribution in [0.2, 0.25) is 0 Å². The van der Waals surface area contributed by atoms with Crippen molar-refractivity contribution in [3.05, 3.63) is 17.5 Å². The van der Waals surface area contributed by atoms with E-state index in [-0.39, 0.29) is 17.5 Å². The summed E-state index contributed by atoms with van der Waals surface area (Å²) in [6.07, 6.45) is 3.85. The first-order chi connectivity index (χ1) is 10.2. The van der Waals surface area contributed by atoms with Crippen molar-refractivity contribution in [3.8, 4) is 0 Å². The quantitative estimate of drug-likeness (QED) is 0.621. The Hall–Kier alpha value is -1.96. The van der Waals surface area contributed by atoms with Crippen molar-refractivity contribution in [2.75, 3.05) is 12.4 Å². The number of thioether (sulfide) groups is 1. The van der Waals surface area contributed by atoms with Crippen molar-refractivity contribution in [1.82, 2.24) is 19.6 Å². The molecule has 0 fully saturated rings. The Morgan fingerprint density at radius 2 is 2.29 bits per heavy atom. The minimum Gasteiger partial charge on any atom is -0.465 e. The number of hydrogen-bond acceptors (Lipinski definition) is 7. The number of aromatic nitrogens is 4. The highest BCUT2D eigenvalue weighted by Crippen LogP contribution is 2.21. The van der Waals surface area contributed by atoms with Gasteiger partial charge in [0.2, 0.25) is 5.16 Å². The van der Waals surface area contributed by atoms with Crippen molar-refractivity contribution in [2.24, 2.45) is 0 Å². The number of hydrogen-bond donors (Lipinski definition) is 0. The minimum absolute atomic E-state index is 0.0990. The molecule has 7 nitrogen and oxygen atoms in total. The number of esters is 1. The van der Waals surface area contributed by atoms with E-state index in [9.17, 15) is 9.59 Å². The van der Waals surface area contributed by atoms with Gasteiger partial charge in [0, 0.05) is 12.6 Å². The van der Waals surface area contributed by atoms with Crippen LogP contribution in [0.15, 0.2) is 11.4 Å². The Morgan fingerprint density at radius 3 is 3.10 bits per heavy atom. The number of aryl methyl sites for hydroxylation is 1. The zero-order chi connectivity index (χ0) is 14.8. The normalized spacial score (nSPS) is 14.2. The molecule has 1 aliphatic rings. The first-order valence-corrected chi connectivity index (χ1v) is 7.74. The number of ketones is 1. The van der Waals surface area contributed by atoms with Gasteiger partial charge in [-0.1, -0.05) is 11.8 Å². The maximum absolute atomic E-state index is 11.9. The van der Waals surface area contributed by atoms with Gasteiger partial charge in [-0.3, -0.25) is 9.59 Å². The van der Waals surface area contributed by atoms with E-state index in [2.05, 4.69) is 15.1 Å². The molecule has 110 valence electrons. The fourth-order valence-corrected chi connectivity index (χ4v) is 2.82. The number of ether oxygens (including phenoxy) is 1. The molecule has 2 aromatic heterocycles. The molecular weight excluding hydrogens is 292 g/mol. The van der Waals surface area contributed by atoms with Gasteiger partial charge in [-0.25, -0.2) is 9.50 Å². The van der Waals surface area contributed by atoms with E-state index in [1.54, 1.807) is 13.1 Å². The molecule has 0 atom stereocenters. The molecule has 0 spiro atoms. The lowest BCUT2D eigenvalue weighted by molar-refractivity contribution is -0.139. The molecule has 21 heavy (non-hydrogen) atoms. The van der Waals surface area contributed by atoms with Gasteiger partial charge in [0.15, 0.2) is 5.78 Å². The van der Waals surface area contributed by atoms with Crippen LogP contribution < -0.4 is 0 Å². The van der Waals surface area contributed by atoms with Gasteiger partial charge in [-0.2, -0.15) is 4.98 Å². The first-order valence-electron chi connectivity index (χ1n) is 6.75. The Labute approximate surface area is 125 Å². The summed E-state index contributed by atoms with van der Waals surface area (Å²) in [5, 5.41) is 4.68. The maximum atomic E-state index is 11.9. The number of carbonyl (C=O) groups is 2. The summed E-state index contributed by atoms with van der Waals surface area (Å²) < 4.78 is 6.35. The SMILES string of the molecule is CCOC(=O)CSc1nc2nc3c(cn2n1)C(=O)CCC3. The fourth-order valence-electron chi connectivity index (χ4n) is 2.20. The van der Waals surface area contributed by atoms with Crippen LogP contribution in [0, 0.1) is 0 Å². The van der Waals surface area contributed by atoms with Gasteiger partial charge >= 0.3 is 5.97 Å². The predicted octanol–water partition coefficient (Wildman–Crippen LogP) is 1.30. The maximum Gasteiger partial charge on any atom is 0.316 e. The standard InChI is InChI=1S/C13H14N4O3S/c1-2-20-11(19)7-21-13-15-12-14-9-4-3-5-10(18)8(9)6-17(12)16-13/h6H,2-5,7H2,1H3. The van der Waals surface area contributed by atoms with E-state index in [0.29, 0.717) is 29.5 Å². The fraction of sp³-hybridized carbons (Fsp3) is 0.462. The van der Waals surface area contributed by atoms with Gasteiger partial charge in [0.05, 0.1) is 23.6 Å². The molecule has 0 N–H and O–H groups in total. The van der Waals surface area contributed by atoms with E-state index >= 15 is 0 Å². The average molecular weight is 306 g/mol. The molecule has 0 radical (unpaired) electrons. The molecule has 3 rings (SSSR count). The third kappa shape index (κ3) is 2.90. The van der Waals surface area contributed by atoms with Crippen LogP contribution in [0.4, 0.5) is 0 Å². The largest absolute Gasteiger partial charge is 0.465 e. The highest BCUT2D eigenvalue weighted by molar-refractivity contribution is 7.99. The Kier molecular flexibility index (Phi) is 3.87. The lowest BCUT2D eigenvalue weighted by atomic mass is 9.96. The topological polar surface area (TPSA) is 86.4 Å². The predicted molar refractivity (Wildman–Crippen MR) is 75.4 cm³/mol. The van der Waals surface area contributed by atoms with Crippen LogP contribution in [-0.4, -0.2) is 43.7 Å².